The number of amides is 1. The largest absolute Gasteiger partial charge is 0.352 e. The lowest BCUT2D eigenvalue weighted by Gasteiger charge is -2.33. The van der Waals surface area contributed by atoms with Crippen LogP contribution in [0.25, 0.3) is 10.8 Å². The van der Waals surface area contributed by atoms with Crippen molar-refractivity contribution >= 4 is 22.4 Å². The van der Waals surface area contributed by atoms with Gasteiger partial charge in [-0.2, -0.15) is 0 Å². The highest BCUT2D eigenvalue weighted by atomic mass is 16.1. The van der Waals surface area contributed by atoms with Crippen molar-refractivity contribution in [3.8, 4) is 0 Å². The van der Waals surface area contributed by atoms with Crippen LogP contribution in [0.3, 0.4) is 0 Å². The van der Waals surface area contributed by atoms with E-state index in [1.807, 2.05) is 19.1 Å². The Labute approximate surface area is 172 Å². The van der Waals surface area contributed by atoms with Crippen LogP contribution in [0.15, 0.2) is 66.7 Å². The van der Waals surface area contributed by atoms with Crippen molar-refractivity contribution < 1.29 is 4.79 Å². The fraction of sp³-hybridized carbons (Fsp3) is 0.320. The van der Waals surface area contributed by atoms with Gasteiger partial charge in [0, 0.05) is 36.9 Å². The van der Waals surface area contributed by atoms with Gasteiger partial charge in [-0.05, 0) is 42.7 Å². The number of carbonyl (C=O) groups is 1. The summed E-state index contributed by atoms with van der Waals surface area (Å²) in [6, 6.07) is 23.7. The van der Waals surface area contributed by atoms with Crippen LogP contribution < -0.4 is 10.2 Å². The number of nitrogens with one attached hydrogen (secondary N) is 1. The van der Waals surface area contributed by atoms with Gasteiger partial charge in [-0.3, -0.25) is 9.69 Å². The molecule has 2 saturated heterocycles. The highest BCUT2D eigenvalue weighted by Crippen LogP contribution is 2.43. The molecule has 1 amide bonds. The Morgan fingerprint density at radius 2 is 1.83 bits per heavy atom. The number of anilines is 1. The summed E-state index contributed by atoms with van der Waals surface area (Å²) in [5.74, 6) is 0.0231. The molecule has 0 spiro atoms. The molecule has 1 N–H and O–H groups in total. The quantitative estimate of drug-likeness (QED) is 0.714. The first kappa shape index (κ1) is 18.2. The first-order chi connectivity index (χ1) is 14.3. The average Bonchev–Trinajstić information content (AvgIpc) is 3.35. The molecular weight excluding hydrogens is 358 g/mol. The Hall–Kier alpha value is -2.85. The van der Waals surface area contributed by atoms with E-state index in [4.69, 9.17) is 0 Å². The standard InChI is InChI=1S/C25H27N3O/c1-2-26-24(29)23-21-13-7-6-9-18(21)14-15-22(23)25-27-16-8-12-20(27)17-28(25)19-10-4-3-5-11-19/h3-7,9-11,13-15,20,25H,2,8,12,16-17H2,1H3,(H,26,29)/t20-,25+/m0/s1. The van der Waals surface area contributed by atoms with Crippen LogP contribution in [0, 0.1) is 0 Å². The Morgan fingerprint density at radius 3 is 2.66 bits per heavy atom. The van der Waals surface area contributed by atoms with E-state index >= 15 is 0 Å². The van der Waals surface area contributed by atoms with E-state index in [0.717, 1.165) is 35.0 Å². The molecule has 0 saturated carbocycles. The first-order valence-corrected chi connectivity index (χ1v) is 10.6. The Balaban J connectivity index is 1.70. The fourth-order valence-corrected chi connectivity index (χ4v) is 5.10. The Morgan fingerprint density at radius 1 is 1.03 bits per heavy atom. The number of rotatable bonds is 4. The molecule has 0 aromatic heterocycles. The van der Waals surface area contributed by atoms with E-state index in [-0.39, 0.29) is 12.1 Å². The first-order valence-electron chi connectivity index (χ1n) is 10.6. The summed E-state index contributed by atoms with van der Waals surface area (Å²) in [6.07, 6.45) is 2.55. The maximum atomic E-state index is 13.2. The van der Waals surface area contributed by atoms with Crippen molar-refractivity contribution in [2.75, 3.05) is 24.5 Å². The predicted octanol–water partition coefficient (Wildman–Crippen LogP) is 4.57. The van der Waals surface area contributed by atoms with Crippen molar-refractivity contribution in [1.29, 1.82) is 0 Å². The van der Waals surface area contributed by atoms with Gasteiger partial charge in [0.05, 0.1) is 5.56 Å². The van der Waals surface area contributed by atoms with E-state index in [0.29, 0.717) is 12.6 Å². The van der Waals surface area contributed by atoms with Crippen molar-refractivity contribution in [2.24, 2.45) is 0 Å². The second-order valence-corrected chi connectivity index (χ2v) is 8.01. The third-order valence-corrected chi connectivity index (χ3v) is 6.33. The molecule has 0 radical (unpaired) electrons. The zero-order valence-electron chi connectivity index (χ0n) is 16.8. The molecule has 4 heteroatoms. The molecule has 2 atom stereocenters. The SMILES string of the molecule is CCNC(=O)c1c([C@H]2N(c3ccccc3)C[C@@H]3CCCN32)ccc2ccccc12. The molecule has 0 aliphatic carbocycles. The van der Waals surface area contributed by atoms with E-state index in [9.17, 15) is 4.79 Å². The van der Waals surface area contributed by atoms with Crippen LogP contribution >= 0.6 is 0 Å². The van der Waals surface area contributed by atoms with Crippen molar-refractivity contribution in [2.45, 2.75) is 32.0 Å². The number of fused-ring (bicyclic) bond motifs is 2. The van der Waals surface area contributed by atoms with Crippen molar-refractivity contribution in [3.05, 3.63) is 77.9 Å². The lowest BCUT2D eigenvalue weighted by atomic mass is 9.95. The van der Waals surface area contributed by atoms with Gasteiger partial charge in [-0.1, -0.05) is 54.6 Å². The second-order valence-electron chi connectivity index (χ2n) is 8.01. The number of benzene rings is 3. The van der Waals surface area contributed by atoms with E-state index in [2.05, 4.69) is 69.7 Å². The van der Waals surface area contributed by atoms with Gasteiger partial charge in [-0.25, -0.2) is 0 Å². The van der Waals surface area contributed by atoms with Gasteiger partial charge in [-0.15, -0.1) is 0 Å². The van der Waals surface area contributed by atoms with Crippen LogP contribution in [-0.2, 0) is 0 Å². The number of hydrogen-bond donors (Lipinski definition) is 1. The third-order valence-electron chi connectivity index (χ3n) is 6.33. The van der Waals surface area contributed by atoms with Gasteiger partial charge in [0.2, 0.25) is 0 Å². The summed E-state index contributed by atoms with van der Waals surface area (Å²) < 4.78 is 0. The summed E-state index contributed by atoms with van der Waals surface area (Å²) in [4.78, 5) is 18.3. The predicted molar refractivity (Wildman–Crippen MR) is 118 cm³/mol. The summed E-state index contributed by atoms with van der Waals surface area (Å²) in [5.41, 5.74) is 3.16. The molecule has 5 rings (SSSR count). The zero-order valence-corrected chi connectivity index (χ0v) is 16.8. The van der Waals surface area contributed by atoms with Crippen LogP contribution in [0.4, 0.5) is 5.69 Å². The molecule has 3 aromatic carbocycles. The molecule has 2 fully saturated rings. The molecule has 2 aliphatic rings. The monoisotopic (exact) mass is 385 g/mol. The lowest BCUT2D eigenvalue weighted by molar-refractivity contribution is 0.0954. The van der Waals surface area contributed by atoms with Gasteiger partial charge in [0.25, 0.3) is 5.91 Å². The molecule has 0 bridgehead atoms. The summed E-state index contributed by atoms with van der Waals surface area (Å²) >= 11 is 0. The highest BCUT2D eigenvalue weighted by molar-refractivity contribution is 6.08. The van der Waals surface area contributed by atoms with Crippen LogP contribution in [0.1, 0.15) is 41.9 Å². The normalized spacial score (nSPS) is 21.5. The smallest absolute Gasteiger partial charge is 0.252 e. The van der Waals surface area contributed by atoms with E-state index in [1.165, 1.54) is 18.5 Å². The van der Waals surface area contributed by atoms with Crippen molar-refractivity contribution in [3.63, 3.8) is 0 Å². The minimum Gasteiger partial charge on any atom is -0.352 e. The van der Waals surface area contributed by atoms with Gasteiger partial charge in [0.15, 0.2) is 0 Å². The number of hydrogen-bond acceptors (Lipinski definition) is 3. The molecule has 148 valence electrons. The summed E-state index contributed by atoms with van der Waals surface area (Å²) in [6.45, 7) is 4.70. The Bertz CT molecular complexity index is 1030. The summed E-state index contributed by atoms with van der Waals surface area (Å²) in [7, 11) is 0. The maximum Gasteiger partial charge on any atom is 0.252 e. The van der Waals surface area contributed by atoms with Crippen molar-refractivity contribution in [1.82, 2.24) is 10.2 Å². The molecular formula is C25H27N3O. The van der Waals surface area contributed by atoms with Crippen LogP contribution in [0.2, 0.25) is 0 Å². The molecule has 4 nitrogen and oxygen atoms in total. The minimum absolute atomic E-state index is 0.0231. The van der Waals surface area contributed by atoms with E-state index in [1.54, 1.807) is 0 Å². The highest BCUT2D eigenvalue weighted by Gasteiger charge is 2.44. The number of carbonyl (C=O) groups excluding carboxylic acids is 1. The van der Waals surface area contributed by atoms with Gasteiger partial charge < -0.3 is 10.2 Å². The molecule has 29 heavy (non-hydrogen) atoms. The van der Waals surface area contributed by atoms with Gasteiger partial charge in [0.1, 0.15) is 6.17 Å². The number of para-hydroxylation sites is 1. The van der Waals surface area contributed by atoms with Gasteiger partial charge >= 0.3 is 0 Å². The van der Waals surface area contributed by atoms with Crippen LogP contribution in [-0.4, -0.2) is 36.5 Å². The Kier molecular flexibility index (Phi) is 4.72. The fourth-order valence-electron chi connectivity index (χ4n) is 5.10. The average molecular weight is 386 g/mol. The third kappa shape index (κ3) is 3.08. The molecule has 3 aromatic rings. The van der Waals surface area contributed by atoms with Crippen LogP contribution in [0.5, 0.6) is 0 Å². The van der Waals surface area contributed by atoms with E-state index < -0.39 is 0 Å². The number of nitrogens with zero attached hydrogens (tertiary/aromatic N) is 2. The summed E-state index contributed by atoms with van der Waals surface area (Å²) in [5, 5.41) is 5.20. The minimum atomic E-state index is 0.0231. The topological polar surface area (TPSA) is 35.6 Å². The maximum absolute atomic E-state index is 13.2. The molecule has 2 aliphatic heterocycles. The molecule has 2 heterocycles. The zero-order chi connectivity index (χ0) is 19.8. The lowest BCUT2D eigenvalue weighted by Crippen LogP contribution is -2.34. The second kappa shape index (κ2) is 7.53. The molecule has 0 unspecified atom stereocenters.